The molecule has 172 valence electrons. The molecule has 0 aromatic heterocycles. The van der Waals surface area contributed by atoms with E-state index >= 15 is 0 Å². The molecule has 6 rings (SSSR count). The molecular weight excluding hydrogens is 418 g/mol. The van der Waals surface area contributed by atoms with Crippen molar-refractivity contribution in [1.29, 1.82) is 0 Å². The van der Waals surface area contributed by atoms with Gasteiger partial charge in [-0.25, -0.2) is 8.78 Å². The Labute approximate surface area is 185 Å². The lowest BCUT2D eigenvalue weighted by Gasteiger charge is -2.49. The lowest BCUT2D eigenvalue weighted by Crippen LogP contribution is -2.64. The second kappa shape index (κ2) is 6.24. The quantitative estimate of drug-likeness (QED) is 0.670. The second-order valence-electron chi connectivity index (χ2n) is 11.4. The van der Waals surface area contributed by atoms with Crippen molar-refractivity contribution >= 4 is 11.7 Å². The van der Waals surface area contributed by atoms with Crippen LogP contribution in [0.2, 0.25) is 0 Å². The zero-order valence-corrected chi connectivity index (χ0v) is 18.5. The molecule has 0 bridgehead atoms. The number of dihydropyridines is 1. The number of ketones is 1. The molecule has 32 heavy (non-hydrogen) atoms. The molecular formula is C23H28F2N4O3. The number of ether oxygens (including phenoxy) is 1. The Balaban J connectivity index is 1.26. The van der Waals surface area contributed by atoms with Crippen molar-refractivity contribution in [3.05, 3.63) is 22.7 Å². The molecule has 3 fully saturated rings. The number of carbonyl (C=O) groups is 2. The Morgan fingerprint density at radius 1 is 1.25 bits per heavy atom. The van der Waals surface area contributed by atoms with Gasteiger partial charge in [0.2, 0.25) is 11.8 Å². The number of allylic oxidation sites excluding steroid dienone is 1. The van der Waals surface area contributed by atoms with Crippen molar-refractivity contribution in [2.75, 3.05) is 26.2 Å². The first-order valence-electron chi connectivity index (χ1n) is 11.5. The fourth-order valence-electron chi connectivity index (χ4n) is 6.78. The maximum absolute atomic E-state index is 13.6. The van der Waals surface area contributed by atoms with Crippen LogP contribution in [0.4, 0.5) is 8.78 Å². The average molecular weight is 446 g/mol. The number of alkyl halides is 2. The van der Waals surface area contributed by atoms with Gasteiger partial charge in [0.25, 0.3) is 0 Å². The number of carbonyl (C=O) groups excluding carboxylic acids is 2. The molecule has 2 atom stereocenters. The third kappa shape index (κ3) is 2.85. The summed E-state index contributed by atoms with van der Waals surface area (Å²) >= 11 is 0. The van der Waals surface area contributed by atoms with Gasteiger partial charge >= 0.3 is 0 Å². The highest BCUT2D eigenvalue weighted by Gasteiger charge is 2.63. The van der Waals surface area contributed by atoms with E-state index in [1.165, 1.54) is 0 Å². The predicted molar refractivity (Wildman–Crippen MR) is 110 cm³/mol. The van der Waals surface area contributed by atoms with Crippen LogP contribution in [-0.4, -0.2) is 54.4 Å². The Hall–Kier alpha value is -2.16. The van der Waals surface area contributed by atoms with Crippen LogP contribution in [0.5, 0.6) is 0 Å². The van der Waals surface area contributed by atoms with Crippen LogP contribution in [0, 0.1) is 16.7 Å². The number of nitrogens with one attached hydrogen (secondary N) is 1. The van der Waals surface area contributed by atoms with Gasteiger partial charge in [0.15, 0.2) is 11.6 Å². The van der Waals surface area contributed by atoms with Crippen molar-refractivity contribution < 1.29 is 23.1 Å². The molecule has 1 amide bonds. The highest BCUT2D eigenvalue weighted by molar-refractivity contribution is 6.00. The van der Waals surface area contributed by atoms with Crippen LogP contribution >= 0.6 is 0 Å². The first-order chi connectivity index (χ1) is 15.0. The number of likely N-dealkylation sites (tertiary alicyclic amines) is 1. The maximum Gasteiger partial charge on any atom is 0.248 e. The first kappa shape index (κ1) is 20.4. The minimum Gasteiger partial charge on any atom is -0.370 e. The highest BCUT2D eigenvalue weighted by atomic mass is 19.3. The van der Waals surface area contributed by atoms with E-state index < -0.39 is 22.9 Å². The van der Waals surface area contributed by atoms with Gasteiger partial charge in [0, 0.05) is 42.0 Å². The average Bonchev–Trinajstić information content (AvgIpc) is 3.36. The molecule has 0 aromatic rings. The van der Waals surface area contributed by atoms with E-state index in [-0.39, 0.29) is 36.4 Å². The summed E-state index contributed by atoms with van der Waals surface area (Å²) in [5, 5.41) is 11.9. The Kier molecular flexibility index (Phi) is 3.99. The molecule has 1 saturated carbocycles. The number of nitrogens with zero attached hydrogens (tertiary/aromatic N) is 3. The molecule has 1 N–H and O–H groups in total. The Morgan fingerprint density at radius 2 is 2.03 bits per heavy atom. The summed E-state index contributed by atoms with van der Waals surface area (Å²) in [4.78, 5) is 27.8. The number of rotatable bonds is 1. The van der Waals surface area contributed by atoms with E-state index in [9.17, 15) is 18.4 Å². The SMILES string of the molecule is CC1(C)CC(=O)C2=C(C1)NC1=C(CN=N1)C21COC2(CN(C(=O)C3CCC(F)(F)C3)C2)C1. The standard InChI is InChI=1S/C23H28F2N4O3/c1-20(2)6-15-17(16(30)7-20)22(14-8-26-28-18(14)27-15)9-21(32-12-22)10-29(11-21)19(31)13-3-4-23(24,25)5-13/h13,27H,3-12H2,1-2H3. The smallest absolute Gasteiger partial charge is 0.248 e. The predicted octanol–water partition coefficient (Wildman–Crippen LogP) is 3.33. The van der Waals surface area contributed by atoms with Crippen molar-refractivity contribution in [2.24, 2.45) is 27.0 Å². The molecule has 9 heteroatoms. The number of hydrogen-bond donors (Lipinski definition) is 1. The summed E-state index contributed by atoms with van der Waals surface area (Å²) in [6, 6.07) is 0. The Bertz CT molecular complexity index is 1020. The van der Waals surface area contributed by atoms with Crippen LogP contribution in [0.15, 0.2) is 32.9 Å². The molecule has 0 aromatic carbocycles. The van der Waals surface area contributed by atoms with Gasteiger partial charge in [-0.15, -0.1) is 5.11 Å². The van der Waals surface area contributed by atoms with E-state index in [1.807, 2.05) is 0 Å². The number of hydrogen-bond acceptors (Lipinski definition) is 6. The summed E-state index contributed by atoms with van der Waals surface area (Å²) in [7, 11) is 0. The van der Waals surface area contributed by atoms with Crippen molar-refractivity contribution in [3.63, 3.8) is 0 Å². The van der Waals surface area contributed by atoms with Gasteiger partial charge in [-0.1, -0.05) is 13.8 Å². The largest absolute Gasteiger partial charge is 0.370 e. The molecule has 7 nitrogen and oxygen atoms in total. The third-order valence-corrected chi connectivity index (χ3v) is 8.16. The van der Waals surface area contributed by atoms with Gasteiger partial charge in [-0.05, 0) is 24.7 Å². The van der Waals surface area contributed by atoms with Crippen LogP contribution in [0.25, 0.3) is 0 Å². The lowest BCUT2D eigenvalue weighted by atomic mass is 9.61. The van der Waals surface area contributed by atoms with E-state index in [4.69, 9.17) is 4.74 Å². The molecule has 2 unspecified atom stereocenters. The van der Waals surface area contributed by atoms with Crippen molar-refractivity contribution in [3.8, 4) is 0 Å². The first-order valence-corrected chi connectivity index (χ1v) is 11.5. The normalized spacial score (nSPS) is 35.9. The van der Waals surface area contributed by atoms with Crippen molar-refractivity contribution in [1.82, 2.24) is 10.2 Å². The van der Waals surface area contributed by atoms with E-state index in [0.29, 0.717) is 39.1 Å². The van der Waals surface area contributed by atoms with E-state index in [0.717, 1.165) is 29.1 Å². The van der Waals surface area contributed by atoms with E-state index in [2.05, 4.69) is 29.4 Å². The van der Waals surface area contributed by atoms with Gasteiger partial charge in [-0.3, -0.25) is 9.59 Å². The van der Waals surface area contributed by atoms with Crippen LogP contribution < -0.4 is 5.32 Å². The topological polar surface area (TPSA) is 83.4 Å². The number of halogens is 2. The van der Waals surface area contributed by atoms with Gasteiger partial charge in [-0.2, -0.15) is 5.11 Å². The van der Waals surface area contributed by atoms with Gasteiger partial charge in [0.1, 0.15) is 5.60 Å². The van der Waals surface area contributed by atoms with Crippen LogP contribution in [0.3, 0.4) is 0 Å². The Morgan fingerprint density at radius 3 is 2.75 bits per heavy atom. The summed E-state index contributed by atoms with van der Waals surface area (Å²) in [6.07, 6.45) is 1.52. The maximum atomic E-state index is 13.6. The number of amides is 1. The van der Waals surface area contributed by atoms with Crippen molar-refractivity contribution in [2.45, 2.75) is 63.9 Å². The molecule has 4 aliphatic heterocycles. The summed E-state index contributed by atoms with van der Waals surface area (Å²) < 4.78 is 33.5. The molecule has 4 heterocycles. The fraction of sp³-hybridized carbons (Fsp3) is 0.739. The summed E-state index contributed by atoms with van der Waals surface area (Å²) in [5.41, 5.74) is 1.49. The molecule has 2 aliphatic carbocycles. The minimum atomic E-state index is -2.73. The van der Waals surface area contributed by atoms with Crippen LogP contribution in [0.1, 0.15) is 52.4 Å². The molecule has 2 saturated heterocycles. The molecule has 6 aliphatic rings. The number of fused-ring (bicyclic) bond motifs is 2. The van der Waals surface area contributed by atoms with E-state index in [1.54, 1.807) is 4.90 Å². The number of Topliss-reactive ketones (excluding diaryl/α,β-unsaturated/α-hetero) is 1. The molecule has 0 radical (unpaired) electrons. The monoisotopic (exact) mass is 446 g/mol. The summed E-state index contributed by atoms with van der Waals surface area (Å²) in [6.45, 7) is 5.78. The zero-order chi connectivity index (χ0) is 22.5. The minimum absolute atomic E-state index is 0.127. The number of azo groups is 1. The lowest BCUT2D eigenvalue weighted by molar-refractivity contribution is -0.162. The zero-order valence-electron chi connectivity index (χ0n) is 18.5. The second-order valence-corrected chi connectivity index (χ2v) is 11.4. The van der Waals surface area contributed by atoms with Gasteiger partial charge in [0.05, 0.1) is 31.7 Å². The fourth-order valence-corrected chi connectivity index (χ4v) is 6.78. The third-order valence-electron chi connectivity index (χ3n) is 8.16. The molecule has 2 spiro atoms. The van der Waals surface area contributed by atoms with Crippen LogP contribution in [-0.2, 0) is 14.3 Å². The summed E-state index contributed by atoms with van der Waals surface area (Å²) in [5.74, 6) is -2.65. The van der Waals surface area contributed by atoms with Gasteiger partial charge < -0.3 is 15.0 Å². The highest BCUT2D eigenvalue weighted by Crippen LogP contribution is 2.59.